The van der Waals surface area contributed by atoms with Gasteiger partial charge in [-0.15, -0.1) is 0 Å². The van der Waals surface area contributed by atoms with Crippen molar-refractivity contribution in [3.63, 3.8) is 0 Å². The maximum atomic E-state index is 3.43. The lowest BCUT2D eigenvalue weighted by atomic mass is 10.1. The first-order chi connectivity index (χ1) is 8.19. The molecule has 17 heavy (non-hydrogen) atoms. The van der Waals surface area contributed by atoms with Gasteiger partial charge in [0.05, 0.1) is 0 Å². The highest BCUT2D eigenvalue weighted by atomic mass is 32.2. The Morgan fingerprint density at radius 1 is 1.29 bits per heavy atom. The summed E-state index contributed by atoms with van der Waals surface area (Å²) in [5.41, 5.74) is 2.65. The number of benzene rings is 1. The Kier molecular flexibility index (Phi) is 6.45. The molecule has 0 radical (unpaired) electrons. The average molecular weight is 252 g/mol. The second kappa shape index (κ2) is 7.62. The fourth-order valence-corrected chi connectivity index (χ4v) is 2.26. The van der Waals surface area contributed by atoms with Crippen molar-refractivity contribution in [3.05, 3.63) is 29.8 Å². The Morgan fingerprint density at radius 3 is 2.47 bits per heavy atom. The number of nitrogens with one attached hydrogen (secondary N) is 1. The van der Waals surface area contributed by atoms with Crippen LogP contribution in [0.25, 0.3) is 0 Å². The Hall–Kier alpha value is -0.670. The zero-order chi connectivity index (χ0) is 12.7. The number of hydrogen-bond acceptors (Lipinski definition) is 3. The van der Waals surface area contributed by atoms with E-state index in [0.29, 0.717) is 6.04 Å². The Labute approximate surface area is 110 Å². The predicted octanol–water partition coefficient (Wildman–Crippen LogP) is 3.16. The van der Waals surface area contributed by atoms with Crippen molar-refractivity contribution >= 4 is 17.4 Å². The Morgan fingerprint density at radius 2 is 1.94 bits per heavy atom. The van der Waals surface area contributed by atoms with Crippen LogP contribution in [-0.2, 0) is 0 Å². The molecule has 0 aliphatic rings. The minimum Gasteiger partial charge on any atom is -0.374 e. The minimum absolute atomic E-state index is 0.436. The molecular formula is C14H24N2S. The molecule has 1 atom stereocenters. The maximum Gasteiger partial charge on any atom is 0.0364 e. The van der Waals surface area contributed by atoms with Crippen LogP contribution in [0.15, 0.2) is 24.3 Å². The zero-order valence-corrected chi connectivity index (χ0v) is 12.2. The molecule has 0 saturated heterocycles. The molecule has 1 unspecified atom stereocenters. The van der Waals surface area contributed by atoms with E-state index in [1.165, 1.54) is 17.0 Å². The second-order valence-electron chi connectivity index (χ2n) is 4.29. The second-order valence-corrected chi connectivity index (χ2v) is 5.27. The molecule has 0 bridgehead atoms. The van der Waals surface area contributed by atoms with E-state index < -0.39 is 0 Å². The maximum absolute atomic E-state index is 3.43. The molecule has 0 amide bonds. The van der Waals surface area contributed by atoms with Crippen LogP contribution in [0.1, 0.15) is 25.5 Å². The van der Waals surface area contributed by atoms with Crippen LogP contribution >= 0.6 is 11.8 Å². The van der Waals surface area contributed by atoms with Crippen molar-refractivity contribution in [2.75, 3.05) is 37.0 Å². The first-order valence-electron chi connectivity index (χ1n) is 6.22. The number of anilines is 1. The molecule has 0 heterocycles. The van der Waals surface area contributed by atoms with E-state index in [4.69, 9.17) is 0 Å². The highest BCUT2D eigenvalue weighted by molar-refractivity contribution is 7.98. The van der Waals surface area contributed by atoms with Crippen LogP contribution in [0.5, 0.6) is 0 Å². The Balaban J connectivity index is 2.60. The molecule has 96 valence electrons. The SMILES string of the molecule is CCNC(C)c1ccc(N(C)CCSC)cc1. The molecule has 0 fully saturated rings. The molecule has 0 aromatic heterocycles. The van der Waals surface area contributed by atoms with Crippen molar-refractivity contribution in [1.82, 2.24) is 5.32 Å². The molecule has 1 aromatic carbocycles. The van der Waals surface area contributed by atoms with Gasteiger partial charge in [-0.3, -0.25) is 0 Å². The van der Waals surface area contributed by atoms with Gasteiger partial charge in [-0.05, 0) is 37.4 Å². The van der Waals surface area contributed by atoms with E-state index in [-0.39, 0.29) is 0 Å². The van der Waals surface area contributed by atoms with E-state index in [0.717, 1.165) is 13.1 Å². The zero-order valence-electron chi connectivity index (χ0n) is 11.4. The normalized spacial score (nSPS) is 12.5. The lowest BCUT2D eigenvalue weighted by Gasteiger charge is -2.20. The summed E-state index contributed by atoms with van der Waals surface area (Å²) < 4.78 is 0. The van der Waals surface area contributed by atoms with Gasteiger partial charge in [0.15, 0.2) is 0 Å². The fraction of sp³-hybridized carbons (Fsp3) is 0.571. The van der Waals surface area contributed by atoms with Crippen molar-refractivity contribution in [1.29, 1.82) is 0 Å². The van der Waals surface area contributed by atoms with E-state index in [2.05, 4.69) is 61.6 Å². The van der Waals surface area contributed by atoms with Gasteiger partial charge in [0.25, 0.3) is 0 Å². The Bertz CT molecular complexity index is 311. The van der Waals surface area contributed by atoms with Gasteiger partial charge in [0.2, 0.25) is 0 Å². The number of thioether (sulfide) groups is 1. The summed E-state index contributed by atoms with van der Waals surface area (Å²) in [4.78, 5) is 2.30. The summed E-state index contributed by atoms with van der Waals surface area (Å²) >= 11 is 1.89. The topological polar surface area (TPSA) is 15.3 Å². The lowest BCUT2D eigenvalue weighted by Crippen LogP contribution is -2.20. The quantitative estimate of drug-likeness (QED) is 0.802. The third kappa shape index (κ3) is 4.60. The molecule has 3 heteroatoms. The monoisotopic (exact) mass is 252 g/mol. The van der Waals surface area contributed by atoms with Gasteiger partial charge in [-0.2, -0.15) is 11.8 Å². The van der Waals surface area contributed by atoms with E-state index in [9.17, 15) is 0 Å². The van der Waals surface area contributed by atoms with Crippen LogP contribution in [0.4, 0.5) is 5.69 Å². The van der Waals surface area contributed by atoms with E-state index in [1.54, 1.807) is 0 Å². The standard InChI is InChI=1S/C14H24N2S/c1-5-15-12(2)13-6-8-14(9-7-13)16(3)10-11-17-4/h6-9,12,15H,5,10-11H2,1-4H3. The molecule has 0 spiro atoms. The molecule has 0 aliphatic heterocycles. The summed E-state index contributed by atoms with van der Waals surface area (Å²) in [5, 5.41) is 3.43. The molecule has 2 nitrogen and oxygen atoms in total. The third-order valence-corrected chi connectivity index (χ3v) is 3.57. The van der Waals surface area contributed by atoms with Crippen LogP contribution in [0, 0.1) is 0 Å². The molecule has 1 rings (SSSR count). The molecular weight excluding hydrogens is 228 g/mol. The van der Waals surface area contributed by atoms with E-state index >= 15 is 0 Å². The average Bonchev–Trinajstić information content (AvgIpc) is 2.36. The van der Waals surface area contributed by atoms with Gasteiger partial charge in [-0.25, -0.2) is 0 Å². The van der Waals surface area contributed by atoms with Gasteiger partial charge in [0.1, 0.15) is 0 Å². The van der Waals surface area contributed by atoms with Gasteiger partial charge in [0, 0.05) is 31.1 Å². The summed E-state index contributed by atoms with van der Waals surface area (Å²) in [7, 11) is 2.15. The molecule has 1 N–H and O–H groups in total. The summed E-state index contributed by atoms with van der Waals surface area (Å²) in [6.45, 7) is 6.46. The fourth-order valence-electron chi connectivity index (χ4n) is 1.80. The summed E-state index contributed by atoms with van der Waals surface area (Å²) in [6, 6.07) is 9.30. The molecule has 0 saturated carbocycles. The van der Waals surface area contributed by atoms with Gasteiger partial charge < -0.3 is 10.2 Å². The van der Waals surface area contributed by atoms with Gasteiger partial charge >= 0.3 is 0 Å². The number of nitrogens with zero attached hydrogens (tertiary/aromatic N) is 1. The first kappa shape index (κ1) is 14.4. The van der Waals surface area contributed by atoms with Crippen molar-refractivity contribution in [2.45, 2.75) is 19.9 Å². The van der Waals surface area contributed by atoms with Gasteiger partial charge in [-0.1, -0.05) is 19.1 Å². The highest BCUT2D eigenvalue weighted by Gasteiger charge is 2.04. The van der Waals surface area contributed by atoms with Crippen LogP contribution in [0.2, 0.25) is 0 Å². The summed E-state index contributed by atoms with van der Waals surface area (Å²) in [6.07, 6.45) is 2.15. The van der Waals surface area contributed by atoms with E-state index in [1.807, 2.05) is 11.8 Å². The molecule has 0 aliphatic carbocycles. The van der Waals surface area contributed by atoms with Crippen molar-refractivity contribution in [3.8, 4) is 0 Å². The predicted molar refractivity (Wildman–Crippen MR) is 80.2 cm³/mol. The smallest absolute Gasteiger partial charge is 0.0364 e. The minimum atomic E-state index is 0.436. The number of hydrogen-bond donors (Lipinski definition) is 1. The lowest BCUT2D eigenvalue weighted by molar-refractivity contribution is 0.598. The summed E-state index contributed by atoms with van der Waals surface area (Å²) in [5.74, 6) is 1.17. The first-order valence-corrected chi connectivity index (χ1v) is 7.61. The van der Waals surface area contributed by atoms with Crippen LogP contribution in [-0.4, -0.2) is 32.1 Å². The highest BCUT2D eigenvalue weighted by Crippen LogP contribution is 2.18. The van der Waals surface area contributed by atoms with Crippen LogP contribution in [0.3, 0.4) is 0 Å². The van der Waals surface area contributed by atoms with Crippen molar-refractivity contribution < 1.29 is 0 Å². The molecule has 1 aromatic rings. The third-order valence-electron chi connectivity index (χ3n) is 2.97. The largest absolute Gasteiger partial charge is 0.374 e. The number of rotatable bonds is 7. The van der Waals surface area contributed by atoms with Crippen molar-refractivity contribution in [2.24, 2.45) is 0 Å². The van der Waals surface area contributed by atoms with Crippen LogP contribution < -0.4 is 10.2 Å².